The van der Waals surface area contributed by atoms with Crippen molar-refractivity contribution in [2.24, 2.45) is 11.7 Å². The number of β-amino-alcohol motifs (C(OH)–C–C–N with tert-alkyl or cyclic N) is 1. The number of nitrogens with zero attached hydrogens (tertiary/aromatic N) is 2. The fourth-order valence-corrected chi connectivity index (χ4v) is 2.28. The molecule has 0 aliphatic carbocycles. The molecule has 21 heavy (non-hydrogen) atoms. The lowest BCUT2D eigenvalue weighted by atomic mass is 10.1. The molecule has 0 saturated carbocycles. The first-order valence-corrected chi connectivity index (χ1v) is 7.60. The van der Waals surface area contributed by atoms with Gasteiger partial charge in [-0.1, -0.05) is 13.8 Å². The second-order valence-electron chi connectivity index (χ2n) is 5.79. The molecule has 1 rings (SSSR count). The molecule has 0 bridgehead atoms. The van der Waals surface area contributed by atoms with Gasteiger partial charge in [-0.15, -0.1) is 0 Å². The minimum atomic E-state index is -0.582. The lowest BCUT2D eigenvalue weighted by molar-refractivity contribution is -0.133. The van der Waals surface area contributed by atoms with E-state index >= 15 is 0 Å². The van der Waals surface area contributed by atoms with Gasteiger partial charge in [0.2, 0.25) is 11.8 Å². The molecular formula is C14H28N4O3. The maximum atomic E-state index is 12.1. The van der Waals surface area contributed by atoms with Gasteiger partial charge < -0.3 is 21.1 Å². The predicted molar refractivity (Wildman–Crippen MR) is 80.5 cm³/mol. The Morgan fingerprint density at radius 1 is 1.24 bits per heavy atom. The molecule has 0 aromatic rings. The van der Waals surface area contributed by atoms with Crippen molar-refractivity contribution in [1.29, 1.82) is 0 Å². The van der Waals surface area contributed by atoms with Crippen LogP contribution in [0.1, 0.15) is 20.3 Å². The van der Waals surface area contributed by atoms with Crippen LogP contribution in [-0.2, 0) is 9.59 Å². The second-order valence-corrected chi connectivity index (χ2v) is 5.79. The lowest BCUT2D eigenvalue weighted by Crippen LogP contribution is -2.48. The van der Waals surface area contributed by atoms with Crippen molar-refractivity contribution >= 4 is 11.8 Å². The molecule has 1 saturated heterocycles. The van der Waals surface area contributed by atoms with Crippen LogP contribution in [0.25, 0.3) is 0 Å². The van der Waals surface area contributed by atoms with E-state index in [-0.39, 0.29) is 30.9 Å². The highest BCUT2D eigenvalue weighted by atomic mass is 16.3. The maximum Gasteiger partial charge on any atom is 0.242 e. The van der Waals surface area contributed by atoms with Crippen molar-refractivity contribution in [3.63, 3.8) is 0 Å². The predicted octanol–water partition coefficient (Wildman–Crippen LogP) is -1.39. The molecule has 1 atom stereocenters. The summed E-state index contributed by atoms with van der Waals surface area (Å²) < 4.78 is 0. The molecule has 7 heteroatoms. The van der Waals surface area contributed by atoms with Gasteiger partial charge in [0.1, 0.15) is 0 Å². The number of nitrogens with two attached hydrogens (primary N) is 1. The van der Waals surface area contributed by atoms with Gasteiger partial charge in [-0.25, -0.2) is 0 Å². The standard InChI is InChI=1S/C14H28N4O3/c1-11(2)13(15)14(21)16-10-12(20)18-5-3-4-17(6-7-18)8-9-19/h11,13,19H,3-10,15H2,1-2H3,(H,16,21)/t13-/m0/s1. The number of rotatable bonds is 6. The minimum Gasteiger partial charge on any atom is -0.395 e. The van der Waals surface area contributed by atoms with E-state index in [1.165, 1.54) is 0 Å². The number of carbonyl (C=O) groups is 2. The van der Waals surface area contributed by atoms with Gasteiger partial charge >= 0.3 is 0 Å². The maximum absolute atomic E-state index is 12.1. The Balaban J connectivity index is 2.36. The summed E-state index contributed by atoms with van der Waals surface area (Å²) in [6.45, 7) is 7.48. The van der Waals surface area contributed by atoms with Gasteiger partial charge in [0, 0.05) is 26.2 Å². The first kappa shape index (κ1) is 17.9. The molecule has 1 heterocycles. The van der Waals surface area contributed by atoms with Crippen molar-refractivity contribution in [2.45, 2.75) is 26.3 Å². The molecule has 1 aliphatic heterocycles. The molecule has 1 aliphatic rings. The van der Waals surface area contributed by atoms with Gasteiger partial charge in [0.15, 0.2) is 0 Å². The largest absolute Gasteiger partial charge is 0.395 e. The summed E-state index contributed by atoms with van der Waals surface area (Å²) in [6, 6.07) is -0.582. The Morgan fingerprint density at radius 3 is 2.57 bits per heavy atom. The highest BCUT2D eigenvalue weighted by Gasteiger charge is 2.21. The van der Waals surface area contributed by atoms with E-state index in [4.69, 9.17) is 10.8 Å². The number of carbonyl (C=O) groups excluding carboxylic acids is 2. The summed E-state index contributed by atoms with van der Waals surface area (Å²) in [5, 5.41) is 11.6. The molecule has 0 aromatic carbocycles. The van der Waals surface area contributed by atoms with E-state index in [1.807, 2.05) is 13.8 Å². The molecule has 7 nitrogen and oxygen atoms in total. The Hall–Kier alpha value is -1.18. The van der Waals surface area contributed by atoms with Crippen LogP contribution in [0, 0.1) is 5.92 Å². The summed E-state index contributed by atoms with van der Waals surface area (Å²) in [5.41, 5.74) is 5.73. The van der Waals surface area contributed by atoms with Crippen LogP contribution in [0.4, 0.5) is 0 Å². The molecule has 0 aromatic heterocycles. The van der Waals surface area contributed by atoms with Gasteiger partial charge in [-0.2, -0.15) is 0 Å². The second kappa shape index (κ2) is 8.96. The summed E-state index contributed by atoms with van der Waals surface area (Å²) >= 11 is 0. The van der Waals surface area contributed by atoms with Crippen LogP contribution in [0.5, 0.6) is 0 Å². The van der Waals surface area contributed by atoms with Crippen molar-refractivity contribution in [1.82, 2.24) is 15.1 Å². The highest BCUT2D eigenvalue weighted by Crippen LogP contribution is 2.03. The number of nitrogens with one attached hydrogen (secondary N) is 1. The Labute approximate surface area is 126 Å². The van der Waals surface area contributed by atoms with Gasteiger partial charge in [-0.05, 0) is 18.9 Å². The number of hydrogen-bond acceptors (Lipinski definition) is 5. The van der Waals surface area contributed by atoms with Crippen LogP contribution in [-0.4, -0.2) is 78.6 Å². The third-order valence-corrected chi connectivity index (χ3v) is 3.79. The van der Waals surface area contributed by atoms with E-state index in [2.05, 4.69) is 10.2 Å². The monoisotopic (exact) mass is 300 g/mol. The van der Waals surface area contributed by atoms with Gasteiger partial charge in [0.05, 0.1) is 19.2 Å². The lowest BCUT2D eigenvalue weighted by Gasteiger charge is -2.22. The summed E-state index contributed by atoms with van der Waals surface area (Å²) in [5.74, 6) is -0.314. The topological polar surface area (TPSA) is 98.9 Å². The van der Waals surface area contributed by atoms with E-state index < -0.39 is 6.04 Å². The van der Waals surface area contributed by atoms with Crippen molar-refractivity contribution in [3.8, 4) is 0 Å². The number of hydrogen-bond donors (Lipinski definition) is 3. The zero-order valence-electron chi connectivity index (χ0n) is 13.0. The third kappa shape index (κ3) is 5.99. The highest BCUT2D eigenvalue weighted by molar-refractivity contribution is 5.87. The van der Waals surface area contributed by atoms with Gasteiger partial charge in [-0.3, -0.25) is 14.5 Å². The molecular weight excluding hydrogens is 272 g/mol. The first-order valence-electron chi connectivity index (χ1n) is 7.60. The fourth-order valence-electron chi connectivity index (χ4n) is 2.28. The van der Waals surface area contributed by atoms with Crippen LogP contribution in [0.15, 0.2) is 0 Å². The molecule has 0 unspecified atom stereocenters. The van der Waals surface area contributed by atoms with E-state index in [0.717, 1.165) is 19.5 Å². The van der Waals surface area contributed by atoms with E-state index in [9.17, 15) is 9.59 Å². The molecule has 0 radical (unpaired) electrons. The van der Waals surface area contributed by atoms with Crippen LogP contribution in [0.2, 0.25) is 0 Å². The van der Waals surface area contributed by atoms with Crippen molar-refractivity contribution < 1.29 is 14.7 Å². The summed E-state index contributed by atoms with van der Waals surface area (Å²) in [6.07, 6.45) is 0.880. The zero-order valence-corrected chi connectivity index (χ0v) is 13.0. The molecule has 122 valence electrons. The van der Waals surface area contributed by atoms with Crippen molar-refractivity contribution in [3.05, 3.63) is 0 Å². The average Bonchev–Trinajstić information content (AvgIpc) is 2.69. The SMILES string of the molecule is CC(C)[C@H](N)C(=O)NCC(=O)N1CCCN(CCO)CC1. The zero-order chi connectivity index (χ0) is 15.8. The molecule has 1 fully saturated rings. The third-order valence-electron chi connectivity index (χ3n) is 3.79. The fraction of sp³-hybridized carbons (Fsp3) is 0.857. The Morgan fingerprint density at radius 2 is 1.95 bits per heavy atom. The molecule has 2 amide bonds. The molecule has 4 N–H and O–H groups in total. The molecule has 0 spiro atoms. The first-order chi connectivity index (χ1) is 9.95. The van der Waals surface area contributed by atoms with Crippen LogP contribution in [0.3, 0.4) is 0 Å². The van der Waals surface area contributed by atoms with Crippen LogP contribution >= 0.6 is 0 Å². The summed E-state index contributed by atoms with van der Waals surface area (Å²) in [4.78, 5) is 27.8. The quantitative estimate of drug-likeness (QED) is 0.561. The van der Waals surface area contributed by atoms with E-state index in [0.29, 0.717) is 19.6 Å². The van der Waals surface area contributed by atoms with Crippen molar-refractivity contribution in [2.75, 3.05) is 45.9 Å². The smallest absolute Gasteiger partial charge is 0.242 e. The van der Waals surface area contributed by atoms with Gasteiger partial charge in [0.25, 0.3) is 0 Å². The number of amides is 2. The van der Waals surface area contributed by atoms with Crippen LogP contribution < -0.4 is 11.1 Å². The summed E-state index contributed by atoms with van der Waals surface area (Å²) in [7, 11) is 0. The average molecular weight is 300 g/mol. The van der Waals surface area contributed by atoms with E-state index in [1.54, 1.807) is 4.90 Å². The normalized spacial score (nSPS) is 18.4. The Kier molecular flexibility index (Phi) is 7.63. The number of aliphatic hydroxyl groups excluding tert-OH is 1. The Bertz CT molecular complexity index is 349. The number of aliphatic hydroxyl groups is 1. The minimum absolute atomic E-state index is 0.000741.